The Morgan fingerprint density at radius 1 is 1.15 bits per heavy atom. The van der Waals surface area contributed by atoms with Crippen LogP contribution in [0.2, 0.25) is 0 Å². The van der Waals surface area contributed by atoms with Crippen molar-refractivity contribution in [3.8, 4) is 0 Å². The van der Waals surface area contributed by atoms with Gasteiger partial charge in [0.2, 0.25) is 0 Å². The highest BCUT2D eigenvalue weighted by Gasteiger charge is 2.65. The minimum atomic E-state index is -0.783. The lowest BCUT2D eigenvalue weighted by Gasteiger charge is -2.24. The predicted octanol–water partition coefficient (Wildman–Crippen LogP) is 1.54. The molecule has 4 fully saturated rings. The first kappa shape index (κ1) is 12.5. The second-order valence-corrected chi connectivity index (χ2v) is 7.13. The van der Waals surface area contributed by atoms with E-state index in [1.165, 1.54) is 19.3 Å². The molecule has 0 aromatic rings. The van der Waals surface area contributed by atoms with E-state index in [0.29, 0.717) is 19.0 Å². The third-order valence-corrected chi connectivity index (χ3v) is 6.36. The topological polar surface area (TPSA) is 69.6 Å². The summed E-state index contributed by atoms with van der Waals surface area (Å²) in [5.74, 6) is 1.96. The van der Waals surface area contributed by atoms with Gasteiger partial charge >= 0.3 is 12.0 Å². The highest BCUT2D eigenvalue weighted by molar-refractivity contribution is 5.78. The van der Waals surface area contributed by atoms with E-state index in [-0.39, 0.29) is 12.1 Å². The van der Waals surface area contributed by atoms with Crippen molar-refractivity contribution in [1.29, 1.82) is 0 Å². The number of urea groups is 1. The minimum absolute atomic E-state index is 0.0416. The average Bonchev–Trinajstić information content (AvgIpc) is 2.81. The molecular formula is C15H22N2O3. The van der Waals surface area contributed by atoms with E-state index < -0.39 is 11.9 Å². The van der Waals surface area contributed by atoms with Crippen molar-refractivity contribution in [3.63, 3.8) is 0 Å². The number of fused-ring (bicyclic) bond motifs is 5. The number of nitrogens with one attached hydrogen (secondary N) is 1. The summed E-state index contributed by atoms with van der Waals surface area (Å²) >= 11 is 0. The number of carboxylic acids is 1. The van der Waals surface area contributed by atoms with Gasteiger partial charge in [0.25, 0.3) is 0 Å². The lowest BCUT2D eigenvalue weighted by molar-refractivity contribution is -0.142. The molecule has 2 amide bonds. The molecule has 3 aliphatic carbocycles. The lowest BCUT2D eigenvalue weighted by Crippen LogP contribution is -2.45. The minimum Gasteiger partial charge on any atom is -0.481 e. The van der Waals surface area contributed by atoms with E-state index in [2.05, 4.69) is 5.32 Å². The van der Waals surface area contributed by atoms with Crippen LogP contribution in [0.15, 0.2) is 0 Å². The van der Waals surface area contributed by atoms with Crippen LogP contribution >= 0.6 is 0 Å². The maximum atomic E-state index is 12.4. The van der Waals surface area contributed by atoms with Crippen molar-refractivity contribution in [2.24, 2.45) is 29.6 Å². The molecule has 6 atom stereocenters. The number of aliphatic carboxylic acids is 1. The van der Waals surface area contributed by atoms with Crippen LogP contribution in [0, 0.1) is 29.6 Å². The van der Waals surface area contributed by atoms with Gasteiger partial charge in [0, 0.05) is 18.6 Å². The summed E-state index contributed by atoms with van der Waals surface area (Å²) in [5.41, 5.74) is 0. The number of carboxylic acid groups (broad SMARTS) is 1. The summed E-state index contributed by atoms with van der Waals surface area (Å²) < 4.78 is 0. The van der Waals surface area contributed by atoms with Gasteiger partial charge in [-0.05, 0) is 56.3 Å². The van der Waals surface area contributed by atoms with Crippen molar-refractivity contribution in [3.05, 3.63) is 0 Å². The molecule has 5 heteroatoms. The number of rotatable bonds is 2. The van der Waals surface area contributed by atoms with Crippen LogP contribution in [0.3, 0.4) is 0 Å². The zero-order valence-electron chi connectivity index (χ0n) is 11.8. The van der Waals surface area contributed by atoms with Crippen molar-refractivity contribution in [2.45, 2.75) is 44.7 Å². The van der Waals surface area contributed by atoms with Gasteiger partial charge in [0.05, 0.1) is 5.92 Å². The van der Waals surface area contributed by atoms with Crippen LogP contribution in [-0.2, 0) is 4.79 Å². The SMILES string of the molecule is CC1C(C(=O)O)CCN1C(=O)NC1C2C3CCC(C3)C12. The molecule has 2 N–H and O–H groups in total. The number of amides is 2. The number of carbonyl (C=O) groups excluding carboxylic acids is 1. The number of nitrogens with zero attached hydrogens (tertiary/aromatic N) is 1. The zero-order chi connectivity index (χ0) is 14.0. The Morgan fingerprint density at radius 2 is 1.80 bits per heavy atom. The summed E-state index contributed by atoms with van der Waals surface area (Å²) in [5, 5.41) is 12.3. The van der Waals surface area contributed by atoms with Crippen molar-refractivity contribution in [2.75, 3.05) is 6.54 Å². The normalized spacial score (nSPS) is 48.2. The molecule has 0 spiro atoms. The van der Waals surface area contributed by atoms with Gasteiger partial charge in [-0.25, -0.2) is 4.79 Å². The molecule has 110 valence electrons. The second kappa shape index (κ2) is 4.12. The van der Waals surface area contributed by atoms with Crippen LogP contribution in [-0.4, -0.2) is 40.6 Å². The molecule has 4 aliphatic rings. The van der Waals surface area contributed by atoms with E-state index in [1.807, 2.05) is 6.92 Å². The van der Waals surface area contributed by atoms with Crippen LogP contribution in [0.5, 0.6) is 0 Å². The number of carbonyl (C=O) groups is 2. The average molecular weight is 278 g/mol. The van der Waals surface area contributed by atoms with Gasteiger partial charge in [-0.15, -0.1) is 0 Å². The molecular weight excluding hydrogens is 256 g/mol. The Balaban J connectivity index is 1.37. The van der Waals surface area contributed by atoms with Crippen molar-refractivity contribution >= 4 is 12.0 Å². The maximum absolute atomic E-state index is 12.4. The summed E-state index contributed by atoms with van der Waals surface area (Å²) in [7, 11) is 0. The van der Waals surface area contributed by atoms with Crippen molar-refractivity contribution < 1.29 is 14.7 Å². The highest BCUT2D eigenvalue weighted by atomic mass is 16.4. The fourth-order valence-electron chi connectivity index (χ4n) is 5.30. The Morgan fingerprint density at radius 3 is 2.35 bits per heavy atom. The fourth-order valence-corrected chi connectivity index (χ4v) is 5.30. The molecule has 0 aromatic heterocycles. The monoisotopic (exact) mass is 278 g/mol. The molecule has 1 heterocycles. The lowest BCUT2D eigenvalue weighted by atomic mass is 10.0. The molecule has 2 bridgehead atoms. The molecule has 1 aliphatic heterocycles. The molecule has 1 saturated heterocycles. The highest BCUT2D eigenvalue weighted by Crippen LogP contribution is 2.65. The molecule has 3 saturated carbocycles. The Kier molecular flexibility index (Phi) is 2.57. The van der Waals surface area contributed by atoms with Crippen LogP contribution in [0.25, 0.3) is 0 Å². The summed E-state index contributed by atoms with van der Waals surface area (Å²) in [4.78, 5) is 25.2. The number of hydrogen-bond acceptors (Lipinski definition) is 2. The quantitative estimate of drug-likeness (QED) is 0.805. The van der Waals surface area contributed by atoms with Crippen LogP contribution in [0.4, 0.5) is 4.79 Å². The predicted molar refractivity (Wildman–Crippen MR) is 72.0 cm³/mol. The van der Waals surface area contributed by atoms with Crippen LogP contribution < -0.4 is 5.32 Å². The standard InChI is InChI=1S/C15H22N2O3/c1-7-10(14(18)19)4-5-17(7)15(20)16-13-11-8-2-3-9(6-8)12(11)13/h7-13H,2-6H2,1H3,(H,16,20)(H,18,19). The van der Waals surface area contributed by atoms with E-state index in [1.54, 1.807) is 4.90 Å². The van der Waals surface area contributed by atoms with Gasteiger partial charge < -0.3 is 15.3 Å². The van der Waals surface area contributed by atoms with E-state index >= 15 is 0 Å². The maximum Gasteiger partial charge on any atom is 0.317 e. The van der Waals surface area contributed by atoms with Gasteiger partial charge in [-0.3, -0.25) is 4.79 Å². The smallest absolute Gasteiger partial charge is 0.317 e. The molecule has 0 radical (unpaired) electrons. The van der Waals surface area contributed by atoms with Crippen molar-refractivity contribution in [1.82, 2.24) is 10.2 Å². The van der Waals surface area contributed by atoms with E-state index in [9.17, 15) is 9.59 Å². The number of likely N-dealkylation sites (tertiary alicyclic amines) is 1. The zero-order valence-corrected chi connectivity index (χ0v) is 11.8. The first-order valence-electron chi connectivity index (χ1n) is 7.88. The summed E-state index contributed by atoms with van der Waals surface area (Å²) in [6, 6.07) is 0.146. The van der Waals surface area contributed by atoms with Gasteiger partial charge in [0.1, 0.15) is 0 Å². The first-order chi connectivity index (χ1) is 9.58. The summed E-state index contributed by atoms with van der Waals surface area (Å²) in [6.07, 6.45) is 4.65. The van der Waals surface area contributed by atoms with Crippen LogP contribution in [0.1, 0.15) is 32.6 Å². The largest absolute Gasteiger partial charge is 0.481 e. The first-order valence-corrected chi connectivity index (χ1v) is 7.88. The third-order valence-electron chi connectivity index (χ3n) is 6.36. The van der Waals surface area contributed by atoms with E-state index in [0.717, 1.165) is 23.7 Å². The molecule has 5 nitrogen and oxygen atoms in total. The molecule has 6 unspecified atom stereocenters. The molecule has 0 aromatic carbocycles. The van der Waals surface area contributed by atoms with Gasteiger partial charge in [0.15, 0.2) is 0 Å². The molecule has 4 rings (SSSR count). The van der Waals surface area contributed by atoms with Gasteiger partial charge in [-0.1, -0.05) is 0 Å². The fraction of sp³-hybridized carbons (Fsp3) is 0.867. The second-order valence-electron chi connectivity index (χ2n) is 7.13. The van der Waals surface area contributed by atoms with Gasteiger partial charge in [-0.2, -0.15) is 0 Å². The van der Waals surface area contributed by atoms with E-state index in [4.69, 9.17) is 5.11 Å². The Hall–Kier alpha value is -1.26. The third kappa shape index (κ3) is 1.61. The summed E-state index contributed by atoms with van der Waals surface area (Å²) in [6.45, 7) is 2.42. The Bertz CT molecular complexity index is 450. The Labute approximate surface area is 118 Å². The number of hydrogen-bond donors (Lipinski definition) is 2. The molecule has 20 heavy (non-hydrogen) atoms.